The third-order valence-corrected chi connectivity index (χ3v) is 3.82. The molecule has 7 nitrogen and oxygen atoms in total. The van der Waals surface area contributed by atoms with Crippen LogP contribution in [-0.2, 0) is 6.42 Å². The fourth-order valence-electron chi connectivity index (χ4n) is 2.43. The number of carbonyl (C=O) groups is 1. The molecule has 0 saturated heterocycles. The minimum Gasteiger partial charge on any atom is -0.350 e. The summed E-state index contributed by atoms with van der Waals surface area (Å²) in [6.07, 6.45) is 2.36. The number of nitrogens with one attached hydrogen (secondary N) is 2. The summed E-state index contributed by atoms with van der Waals surface area (Å²) in [5.74, 6) is -0.354. The van der Waals surface area contributed by atoms with Crippen LogP contribution < -0.4 is 5.43 Å². The number of H-pyrrole nitrogens is 1. The first kappa shape index (κ1) is 16.4. The first-order valence-electron chi connectivity index (χ1n) is 7.76. The maximum atomic E-state index is 12.2. The van der Waals surface area contributed by atoms with Crippen LogP contribution in [0.25, 0.3) is 10.9 Å². The van der Waals surface area contributed by atoms with Crippen molar-refractivity contribution in [3.05, 3.63) is 75.5 Å². The van der Waals surface area contributed by atoms with Gasteiger partial charge in [-0.1, -0.05) is 13.0 Å². The topological polar surface area (TPSA) is 100 Å². The standard InChI is InChI=1S/C18H16N4O3/c1-2-12-5-8-16-14(9-12)10-17(20-16)18(23)21-19-11-13-3-6-15(7-4-13)22(24)25/h3-11,20H,2H2,1H3,(H,21,23)/b19-11-. The number of hydrogen-bond donors (Lipinski definition) is 2. The number of hydrogen-bond acceptors (Lipinski definition) is 4. The average molecular weight is 336 g/mol. The van der Waals surface area contributed by atoms with Crippen LogP contribution in [0.4, 0.5) is 5.69 Å². The Balaban J connectivity index is 1.68. The zero-order valence-electron chi connectivity index (χ0n) is 13.5. The van der Waals surface area contributed by atoms with Crippen LogP contribution in [0.3, 0.4) is 0 Å². The van der Waals surface area contributed by atoms with Gasteiger partial charge in [0.05, 0.1) is 11.1 Å². The van der Waals surface area contributed by atoms with Gasteiger partial charge in [0.2, 0.25) is 0 Å². The van der Waals surface area contributed by atoms with Gasteiger partial charge in [-0.3, -0.25) is 14.9 Å². The van der Waals surface area contributed by atoms with E-state index in [1.807, 2.05) is 18.2 Å². The number of hydrazone groups is 1. The first-order chi connectivity index (χ1) is 12.1. The second kappa shape index (κ2) is 6.96. The van der Waals surface area contributed by atoms with E-state index in [1.54, 1.807) is 18.2 Å². The van der Waals surface area contributed by atoms with E-state index in [1.165, 1.54) is 23.9 Å². The zero-order valence-corrected chi connectivity index (χ0v) is 13.5. The zero-order chi connectivity index (χ0) is 17.8. The lowest BCUT2D eigenvalue weighted by atomic mass is 10.1. The predicted molar refractivity (Wildman–Crippen MR) is 95.8 cm³/mol. The summed E-state index contributed by atoms with van der Waals surface area (Å²) in [4.78, 5) is 25.3. The molecule has 7 heteroatoms. The minimum atomic E-state index is -0.470. The van der Waals surface area contributed by atoms with Gasteiger partial charge < -0.3 is 4.98 Å². The molecule has 1 amide bonds. The molecule has 0 aliphatic carbocycles. The van der Waals surface area contributed by atoms with Crippen LogP contribution in [0.1, 0.15) is 28.5 Å². The normalized spacial score (nSPS) is 11.1. The summed E-state index contributed by atoms with van der Waals surface area (Å²) in [6, 6.07) is 13.7. The van der Waals surface area contributed by atoms with Gasteiger partial charge in [0, 0.05) is 23.0 Å². The number of benzene rings is 2. The molecular weight excluding hydrogens is 320 g/mol. The Morgan fingerprint density at radius 1 is 1.24 bits per heavy atom. The monoisotopic (exact) mass is 336 g/mol. The Kier molecular flexibility index (Phi) is 4.56. The molecule has 3 rings (SSSR count). The molecule has 0 bridgehead atoms. The smallest absolute Gasteiger partial charge is 0.287 e. The summed E-state index contributed by atoms with van der Waals surface area (Å²) < 4.78 is 0. The van der Waals surface area contributed by atoms with Gasteiger partial charge in [-0.25, -0.2) is 5.43 Å². The molecule has 1 aromatic heterocycles. The van der Waals surface area contributed by atoms with Gasteiger partial charge in [0.25, 0.3) is 11.6 Å². The summed E-state index contributed by atoms with van der Waals surface area (Å²) in [5.41, 5.74) is 5.61. The van der Waals surface area contributed by atoms with Gasteiger partial charge in [-0.2, -0.15) is 5.10 Å². The molecule has 0 radical (unpaired) electrons. The highest BCUT2D eigenvalue weighted by Gasteiger charge is 2.09. The van der Waals surface area contributed by atoms with Gasteiger partial charge in [0.1, 0.15) is 5.69 Å². The van der Waals surface area contributed by atoms with E-state index in [0.717, 1.165) is 17.3 Å². The SMILES string of the molecule is CCc1ccc2[nH]c(C(=O)N/N=C\c3ccc([N+](=O)[O-])cc3)cc2c1. The Hall–Kier alpha value is -3.48. The van der Waals surface area contributed by atoms with E-state index < -0.39 is 4.92 Å². The van der Waals surface area contributed by atoms with Crippen molar-refractivity contribution < 1.29 is 9.72 Å². The molecule has 1 heterocycles. The quantitative estimate of drug-likeness (QED) is 0.424. The maximum absolute atomic E-state index is 12.2. The number of nitro benzene ring substituents is 1. The van der Waals surface area contributed by atoms with Crippen molar-refractivity contribution in [2.45, 2.75) is 13.3 Å². The number of fused-ring (bicyclic) bond motifs is 1. The molecule has 0 aliphatic rings. The van der Waals surface area contributed by atoms with Crippen LogP contribution in [0.15, 0.2) is 53.6 Å². The number of nitro groups is 1. The molecule has 2 aromatic carbocycles. The summed E-state index contributed by atoms with van der Waals surface area (Å²) in [7, 11) is 0. The summed E-state index contributed by atoms with van der Waals surface area (Å²) in [6.45, 7) is 2.08. The number of carbonyl (C=O) groups excluding carboxylic acids is 1. The fraction of sp³-hybridized carbons (Fsp3) is 0.111. The highest BCUT2D eigenvalue weighted by molar-refractivity contribution is 5.98. The van der Waals surface area contributed by atoms with Crippen LogP contribution >= 0.6 is 0 Å². The van der Waals surface area contributed by atoms with Gasteiger partial charge in [0.15, 0.2) is 0 Å². The van der Waals surface area contributed by atoms with Crippen molar-refractivity contribution in [2.75, 3.05) is 0 Å². The number of aromatic nitrogens is 1. The van der Waals surface area contributed by atoms with Crippen molar-refractivity contribution in [3.8, 4) is 0 Å². The largest absolute Gasteiger partial charge is 0.350 e. The summed E-state index contributed by atoms with van der Waals surface area (Å²) >= 11 is 0. The Bertz CT molecular complexity index is 958. The Morgan fingerprint density at radius 2 is 2.00 bits per heavy atom. The van der Waals surface area contributed by atoms with Crippen molar-refractivity contribution in [3.63, 3.8) is 0 Å². The number of amides is 1. The lowest BCUT2D eigenvalue weighted by Crippen LogP contribution is -2.17. The van der Waals surface area contributed by atoms with E-state index >= 15 is 0 Å². The van der Waals surface area contributed by atoms with Crippen LogP contribution in [0.2, 0.25) is 0 Å². The van der Waals surface area contributed by atoms with E-state index in [4.69, 9.17) is 0 Å². The van der Waals surface area contributed by atoms with Gasteiger partial charge in [-0.05, 0) is 47.9 Å². The minimum absolute atomic E-state index is 0.00529. The van der Waals surface area contributed by atoms with E-state index in [-0.39, 0.29) is 11.6 Å². The number of rotatable bonds is 5. The number of aryl methyl sites for hydroxylation is 1. The van der Waals surface area contributed by atoms with E-state index in [2.05, 4.69) is 22.4 Å². The highest BCUT2D eigenvalue weighted by atomic mass is 16.6. The molecule has 25 heavy (non-hydrogen) atoms. The second-order valence-corrected chi connectivity index (χ2v) is 5.51. The molecule has 0 spiro atoms. The van der Waals surface area contributed by atoms with E-state index in [0.29, 0.717) is 11.3 Å². The molecule has 2 N–H and O–H groups in total. The Morgan fingerprint density at radius 3 is 2.68 bits per heavy atom. The molecule has 0 aliphatic heterocycles. The molecule has 0 saturated carbocycles. The first-order valence-corrected chi connectivity index (χ1v) is 7.76. The van der Waals surface area contributed by atoms with Crippen molar-refractivity contribution in [1.82, 2.24) is 10.4 Å². The number of non-ortho nitro benzene ring substituents is 1. The third-order valence-electron chi connectivity index (χ3n) is 3.82. The summed E-state index contributed by atoms with van der Waals surface area (Å²) in [5, 5.41) is 15.5. The lowest BCUT2D eigenvalue weighted by molar-refractivity contribution is -0.384. The average Bonchev–Trinajstić information content (AvgIpc) is 3.05. The Labute approximate surface area is 143 Å². The molecular formula is C18H16N4O3. The van der Waals surface area contributed by atoms with Crippen LogP contribution in [0, 0.1) is 10.1 Å². The number of aromatic amines is 1. The van der Waals surface area contributed by atoms with Crippen molar-refractivity contribution in [1.29, 1.82) is 0 Å². The molecule has 0 fully saturated rings. The van der Waals surface area contributed by atoms with Crippen LogP contribution in [-0.4, -0.2) is 22.0 Å². The van der Waals surface area contributed by atoms with Crippen molar-refractivity contribution >= 4 is 28.7 Å². The van der Waals surface area contributed by atoms with E-state index in [9.17, 15) is 14.9 Å². The van der Waals surface area contributed by atoms with Crippen LogP contribution in [0.5, 0.6) is 0 Å². The highest BCUT2D eigenvalue weighted by Crippen LogP contribution is 2.17. The lowest BCUT2D eigenvalue weighted by Gasteiger charge is -1.96. The molecule has 0 unspecified atom stereocenters. The van der Waals surface area contributed by atoms with Gasteiger partial charge in [-0.15, -0.1) is 0 Å². The van der Waals surface area contributed by atoms with Crippen molar-refractivity contribution in [2.24, 2.45) is 5.10 Å². The fourth-order valence-corrected chi connectivity index (χ4v) is 2.43. The second-order valence-electron chi connectivity index (χ2n) is 5.51. The molecule has 126 valence electrons. The number of nitrogens with zero attached hydrogens (tertiary/aromatic N) is 2. The van der Waals surface area contributed by atoms with Gasteiger partial charge >= 0.3 is 0 Å². The maximum Gasteiger partial charge on any atom is 0.287 e. The molecule has 0 atom stereocenters. The third kappa shape index (κ3) is 3.72. The molecule has 3 aromatic rings. The predicted octanol–water partition coefficient (Wildman–Crippen LogP) is 3.40.